The third-order valence-electron chi connectivity index (χ3n) is 1.91. The molecular weight excluding hydrogens is 208 g/mol. The fourth-order valence-electron chi connectivity index (χ4n) is 0.424. The van der Waals surface area contributed by atoms with Crippen molar-refractivity contribution in [2.45, 2.75) is 34.6 Å². The number of rotatable bonds is 2. The number of aliphatic carboxylic acids is 2. The summed E-state index contributed by atoms with van der Waals surface area (Å²) < 4.78 is 0. The summed E-state index contributed by atoms with van der Waals surface area (Å²) in [7, 11) is 0. The van der Waals surface area contributed by atoms with Crippen molar-refractivity contribution in [1.82, 2.24) is 0 Å². The lowest BCUT2D eigenvalue weighted by molar-refractivity contribution is -0.301. The Morgan fingerprint density at radius 3 is 1.50 bits per heavy atom. The molecule has 0 aromatic carbocycles. The van der Waals surface area contributed by atoms with E-state index in [-0.39, 0.29) is 16.6 Å². The van der Waals surface area contributed by atoms with Crippen LogP contribution in [-0.2, 0) is 9.59 Å². The minimum atomic E-state index is -1.16. The minimum Gasteiger partial charge on any atom is -0.545 e. The van der Waals surface area contributed by atoms with Crippen LogP contribution in [0.3, 0.4) is 0 Å². The number of hydrogen-bond donors (Lipinski definition) is 0. The first-order valence-corrected chi connectivity index (χ1v) is 4.79. The summed E-state index contributed by atoms with van der Waals surface area (Å²) in [4.78, 5) is 19.9. The van der Waals surface area contributed by atoms with Gasteiger partial charge in [0.2, 0.25) is 0 Å². The van der Waals surface area contributed by atoms with Crippen LogP contribution in [0.2, 0.25) is 0 Å². The largest absolute Gasteiger partial charge is 0.545 e. The Morgan fingerprint density at radius 2 is 1.50 bits per heavy atom. The molecule has 0 aromatic heterocycles. The highest BCUT2D eigenvalue weighted by atomic mass is 16.4. The van der Waals surface area contributed by atoms with Crippen molar-refractivity contribution in [2.75, 3.05) is 0 Å². The standard InChI is InChI=1S/C7H12O2.C5H8O2/c1-5(6(8)9)7(2,3)4;1-3-4(2)5(6)7/h1H2,2-4H3,(H,8,9);3H,1-2H3,(H,6,7)/p-2/b;4-3+. The van der Waals surface area contributed by atoms with Crippen LogP contribution in [0.5, 0.6) is 0 Å². The van der Waals surface area contributed by atoms with E-state index in [4.69, 9.17) is 0 Å². The van der Waals surface area contributed by atoms with Gasteiger partial charge in [-0.25, -0.2) is 0 Å². The fourth-order valence-corrected chi connectivity index (χ4v) is 0.424. The van der Waals surface area contributed by atoms with Gasteiger partial charge >= 0.3 is 0 Å². The van der Waals surface area contributed by atoms with Gasteiger partial charge in [-0.05, 0) is 30.4 Å². The predicted octanol–water partition coefficient (Wildman–Crippen LogP) is 0.0411. The molecule has 0 amide bonds. The first-order valence-electron chi connectivity index (χ1n) is 4.79. The lowest BCUT2D eigenvalue weighted by Crippen LogP contribution is -2.30. The molecule has 0 saturated heterocycles. The zero-order valence-electron chi connectivity index (χ0n) is 10.4. The smallest absolute Gasteiger partial charge is 0.0674 e. The fraction of sp³-hybridized carbons (Fsp3) is 0.500. The van der Waals surface area contributed by atoms with Gasteiger partial charge in [0.05, 0.1) is 11.9 Å². The molecule has 4 heteroatoms. The van der Waals surface area contributed by atoms with Gasteiger partial charge < -0.3 is 19.8 Å². The highest BCUT2D eigenvalue weighted by Gasteiger charge is 2.14. The van der Waals surface area contributed by atoms with E-state index in [2.05, 4.69) is 6.58 Å². The summed E-state index contributed by atoms with van der Waals surface area (Å²) >= 11 is 0. The van der Waals surface area contributed by atoms with Crippen molar-refractivity contribution in [3.05, 3.63) is 23.8 Å². The molecule has 0 spiro atoms. The van der Waals surface area contributed by atoms with Crippen LogP contribution < -0.4 is 10.2 Å². The van der Waals surface area contributed by atoms with Gasteiger partial charge in [0.1, 0.15) is 0 Å². The lowest BCUT2D eigenvalue weighted by atomic mass is 9.88. The van der Waals surface area contributed by atoms with Gasteiger partial charge in [-0.1, -0.05) is 33.4 Å². The summed E-state index contributed by atoms with van der Waals surface area (Å²) in [6.45, 7) is 11.9. The SMILES string of the molecule is C/C=C(\C)C(=O)[O-].C=C(C(=O)[O-])C(C)(C)C. The number of carbonyl (C=O) groups excluding carboxylic acids is 2. The van der Waals surface area contributed by atoms with E-state index in [1.807, 2.05) is 0 Å². The molecule has 0 saturated carbocycles. The van der Waals surface area contributed by atoms with E-state index in [1.165, 1.54) is 13.0 Å². The second-order valence-corrected chi connectivity index (χ2v) is 4.28. The van der Waals surface area contributed by atoms with Gasteiger partial charge in [-0.15, -0.1) is 0 Å². The highest BCUT2D eigenvalue weighted by Crippen LogP contribution is 2.22. The molecule has 0 N–H and O–H groups in total. The Kier molecular flexibility index (Phi) is 7.18. The maximum Gasteiger partial charge on any atom is 0.0674 e. The molecule has 0 atom stereocenters. The Balaban J connectivity index is 0. The number of allylic oxidation sites excluding steroid dienone is 1. The molecular formula is C12H18O4-2. The van der Waals surface area contributed by atoms with Crippen molar-refractivity contribution in [1.29, 1.82) is 0 Å². The zero-order chi connectivity index (χ0) is 13.5. The molecule has 0 aliphatic carbocycles. The molecule has 4 nitrogen and oxygen atoms in total. The van der Waals surface area contributed by atoms with Gasteiger partial charge in [0.15, 0.2) is 0 Å². The van der Waals surface area contributed by atoms with E-state index in [0.717, 1.165) is 0 Å². The molecule has 0 aromatic rings. The molecule has 0 fully saturated rings. The summed E-state index contributed by atoms with van der Waals surface area (Å²) in [5.41, 5.74) is 0.0428. The second kappa shape index (κ2) is 6.82. The molecule has 0 bridgehead atoms. The average molecular weight is 226 g/mol. The Labute approximate surface area is 96.3 Å². The topological polar surface area (TPSA) is 80.3 Å². The van der Waals surface area contributed by atoms with Crippen LogP contribution >= 0.6 is 0 Å². The van der Waals surface area contributed by atoms with E-state index in [0.29, 0.717) is 0 Å². The first kappa shape index (κ1) is 16.8. The third-order valence-corrected chi connectivity index (χ3v) is 1.91. The first-order chi connectivity index (χ1) is 7.03. The van der Waals surface area contributed by atoms with Crippen LogP contribution in [0.4, 0.5) is 0 Å². The van der Waals surface area contributed by atoms with Gasteiger partial charge in [-0.2, -0.15) is 0 Å². The van der Waals surface area contributed by atoms with Crippen molar-refractivity contribution in [3.63, 3.8) is 0 Å². The van der Waals surface area contributed by atoms with E-state index >= 15 is 0 Å². The Hall–Kier alpha value is -1.58. The molecule has 0 aliphatic heterocycles. The number of carbonyl (C=O) groups is 2. The van der Waals surface area contributed by atoms with Crippen molar-refractivity contribution < 1.29 is 19.8 Å². The zero-order valence-corrected chi connectivity index (χ0v) is 10.4. The van der Waals surface area contributed by atoms with Gasteiger partial charge in [0.25, 0.3) is 0 Å². The number of carboxylic acid groups (broad SMARTS) is 2. The maximum atomic E-state index is 10.1. The normalized spacial score (nSPS) is 11.2. The summed E-state index contributed by atoms with van der Waals surface area (Å²) in [5.74, 6) is -2.26. The van der Waals surface area contributed by atoms with Gasteiger partial charge in [-0.3, -0.25) is 0 Å². The number of hydrogen-bond acceptors (Lipinski definition) is 4. The van der Waals surface area contributed by atoms with Crippen LogP contribution in [0.25, 0.3) is 0 Å². The molecule has 0 heterocycles. The maximum absolute atomic E-state index is 10.1. The van der Waals surface area contributed by atoms with Crippen molar-refractivity contribution >= 4 is 11.9 Å². The second-order valence-electron chi connectivity index (χ2n) is 4.28. The molecule has 0 rings (SSSR count). The van der Waals surface area contributed by atoms with Crippen LogP contribution in [0.1, 0.15) is 34.6 Å². The molecule has 92 valence electrons. The Morgan fingerprint density at radius 1 is 1.12 bits per heavy atom. The Bertz CT molecular complexity index is 305. The average Bonchev–Trinajstić information content (AvgIpc) is 2.14. The lowest BCUT2D eigenvalue weighted by Gasteiger charge is -2.21. The van der Waals surface area contributed by atoms with E-state index in [9.17, 15) is 19.8 Å². The van der Waals surface area contributed by atoms with Crippen LogP contribution in [0, 0.1) is 5.41 Å². The van der Waals surface area contributed by atoms with Crippen molar-refractivity contribution in [3.8, 4) is 0 Å². The minimum absolute atomic E-state index is 0.141. The van der Waals surface area contributed by atoms with E-state index in [1.54, 1.807) is 27.7 Å². The highest BCUT2D eigenvalue weighted by molar-refractivity contribution is 5.85. The summed E-state index contributed by atoms with van der Waals surface area (Å²) in [6, 6.07) is 0. The molecule has 0 aliphatic rings. The summed E-state index contributed by atoms with van der Waals surface area (Å²) in [6.07, 6.45) is 1.50. The quantitative estimate of drug-likeness (QED) is 0.623. The third kappa shape index (κ3) is 7.79. The van der Waals surface area contributed by atoms with Crippen LogP contribution in [0.15, 0.2) is 23.8 Å². The summed E-state index contributed by atoms with van der Waals surface area (Å²) in [5, 5.41) is 19.9. The molecule has 0 unspecified atom stereocenters. The van der Waals surface area contributed by atoms with E-state index < -0.39 is 11.9 Å². The predicted molar refractivity (Wildman–Crippen MR) is 58.0 cm³/mol. The van der Waals surface area contributed by atoms with Crippen LogP contribution in [-0.4, -0.2) is 11.9 Å². The monoisotopic (exact) mass is 226 g/mol. The van der Waals surface area contributed by atoms with Gasteiger partial charge in [0, 0.05) is 0 Å². The molecule has 16 heavy (non-hydrogen) atoms. The number of carboxylic acids is 2. The van der Waals surface area contributed by atoms with Crippen molar-refractivity contribution in [2.24, 2.45) is 5.41 Å². The molecule has 0 radical (unpaired) electrons.